The van der Waals surface area contributed by atoms with E-state index < -0.39 is 22.1 Å². The van der Waals surface area contributed by atoms with Crippen molar-refractivity contribution in [2.24, 2.45) is 5.92 Å². The van der Waals surface area contributed by atoms with E-state index in [4.69, 9.17) is 4.74 Å². The average molecular weight is 422 g/mol. The van der Waals surface area contributed by atoms with Crippen LogP contribution in [0.4, 0.5) is 0 Å². The van der Waals surface area contributed by atoms with E-state index in [2.05, 4.69) is 17.7 Å². The summed E-state index contributed by atoms with van der Waals surface area (Å²) in [5, 5.41) is 9.52. The van der Waals surface area contributed by atoms with Crippen molar-refractivity contribution in [3.05, 3.63) is 33.2 Å². The third-order valence-electron chi connectivity index (χ3n) is 6.37. The molecule has 1 N–H and O–H groups in total. The fraction of sp³-hybridized carbons (Fsp3) is 0.714. The summed E-state index contributed by atoms with van der Waals surface area (Å²) < 4.78 is 34.3. The summed E-state index contributed by atoms with van der Waals surface area (Å²) >= 11 is 0. The highest BCUT2D eigenvalue weighted by Gasteiger charge is 2.35. The summed E-state index contributed by atoms with van der Waals surface area (Å²) in [5.41, 5.74) is 1.47. The summed E-state index contributed by atoms with van der Waals surface area (Å²) in [6.07, 6.45) is 7.74. The van der Waals surface area contributed by atoms with Gasteiger partial charge in [-0.1, -0.05) is 13.3 Å². The molecule has 0 aromatic carbocycles. The maximum Gasteiger partial charge on any atom is 0.254 e. The number of aryl methyl sites for hydroxylation is 1. The zero-order valence-corrected chi connectivity index (χ0v) is 18.3. The molecule has 0 saturated heterocycles. The molecule has 2 heterocycles. The summed E-state index contributed by atoms with van der Waals surface area (Å²) in [6.45, 7) is 4.16. The Morgan fingerprint density at radius 2 is 1.97 bits per heavy atom. The number of rotatable bonds is 6. The molecule has 8 heteroatoms. The standard InChI is InChI=1S/C21H31N3O4S/c1-4-15-5-7-17(8-6-15)28-13-20-18(23-29(3,26)27)9-10-19-16(12-22)11-14(2)21(25)24(19)20/h11,15,17-18,20,23H,4-10,13H2,1-3H3/t15?,17?,18-,20-/m0/s1. The Kier molecular flexibility index (Phi) is 6.82. The van der Waals surface area contributed by atoms with Crippen molar-refractivity contribution in [1.82, 2.24) is 9.29 Å². The van der Waals surface area contributed by atoms with Gasteiger partial charge >= 0.3 is 0 Å². The van der Waals surface area contributed by atoms with Crippen molar-refractivity contribution in [2.45, 2.75) is 77.0 Å². The number of nitrogens with one attached hydrogen (secondary N) is 1. The van der Waals surface area contributed by atoms with Gasteiger partial charge in [-0.3, -0.25) is 4.79 Å². The normalized spacial score (nSPS) is 27.2. The number of hydrogen-bond donors (Lipinski definition) is 1. The van der Waals surface area contributed by atoms with Crippen LogP contribution in [0.2, 0.25) is 0 Å². The first-order valence-electron chi connectivity index (χ1n) is 10.5. The molecular formula is C21H31N3O4S. The molecule has 3 rings (SSSR count). The number of fused-ring (bicyclic) bond motifs is 1. The number of nitrogens with zero attached hydrogens (tertiary/aromatic N) is 2. The first-order chi connectivity index (χ1) is 13.7. The summed E-state index contributed by atoms with van der Waals surface area (Å²) in [7, 11) is -3.44. The second kappa shape index (κ2) is 8.99. The predicted octanol–water partition coefficient (Wildman–Crippen LogP) is 2.42. The quantitative estimate of drug-likeness (QED) is 0.760. The van der Waals surface area contributed by atoms with E-state index in [0.717, 1.165) is 37.9 Å². The van der Waals surface area contributed by atoms with Gasteiger partial charge in [0.1, 0.15) is 6.07 Å². The number of hydrogen-bond acceptors (Lipinski definition) is 5. The zero-order valence-electron chi connectivity index (χ0n) is 17.5. The van der Waals surface area contributed by atoms with Gasteiger partial charge in [-0.2, -0.15) is 5.26 Å². The molecule has 1 saturated carbocycles. The third kappa shape index (κ3) is 5.08. The maximum absolute atomic E-state index is 13.0. The lowest BCUT2D eigenvalue weighted by molar-refractivity contribution is -0.00696. The van der Waals surface area contributed by atoms with Crippen molar-refractivity contribution in [1.29, 1.82) is 5.26 Å². The minimum absolute atomic E-state index is 0.137. The third-order valence-corrected chi connectivity index (χ3v) is 7.10. The van der Waals surface area contributed by atoms with Crippen LogP contribution < -0.4 is 10.3 Å². The molecular weight excluding hydrogens is 390 g/mol. The van der Waals surface area contributed by atoms with Crippen LogP contribution in [-0.2, 0) is 21.2 Å². The van der Waals surface area contributed by atoms with Gasteiger partial charge in [0, 0.05) is 17.3 Å². The van der Waals surface area contributed by atoms with Gasteiger partial charge in [0.2, 0.25) is 10.0 Å². The average Bonchev–Trinajstić information content (AvgIpc) is 2.68. The van der Waals surface area contributed by atoms with E-state index in [1.54, 1.807) is 17.6 Å². The van der Waals surface area contributed by atoms with Gasteiger partial charge in [0.05, 0.1) is 30.6 Å². The minimum atomic E-state index is -3.44. The zero-order chi connectivity index (χ0) is 21.2. The smallest absolute Gasteiger partial charge is 0.254 e. The summed E-state index contributed by atoms with van der Waals surface area (Å²) in [5.74, 6) is 0.758. The van der Waals surface area contributed by atoms with Gasteiger partial charge in [0.15, 0.2) is 0 Å². The number of nitriles is 1. The molecule has 1 aliphatic carbocycles. The van der Waals surface area contributed by atoms with Crippen molar-refractivity contribution in [3.8, 4) is 6.07 Å². The lowest BCUT2D eigenvalue weighted by Gasteiger charge is -2.37. The number of pyridine rings is 1. The highest BCUT2D eigenvalue weighted by atomic mass is 32.2. The van der Waals surface area contributed by atoms with E-state index in [1.807, 2.05) is 0 Å². The second-order valence-corrected chi connectivity index (χ2v) is 10.2. The monoisotopic (exact) mass is 421 g/mol. The highest BCUT2D eigenvalue weighted by Crippen LogP contribution is 2.31. The molecule has 0 spiro atoms. The van der Waals surface area contributed by atoms with Crippen LogP contribution in [0, 0.1) is 24.2 Å². The number of sulfonamides is 1. The second-order valence-electron chi connectivity index (χ2n) is 8.46. The first-order valence-corrected chi connectivity index (χ1v) is 12.4. The molecule has 1 fully saturated rings. The van der Waals surface area contributed by atoms with Crippen molar-refractivity contribution in [3.63, 3.8) is 0 Å². The fourth-order valence-electron chi connectivity index (χ4n) is 4.72. The van der Waals surface area contributed by atoms with E-state index in [-0.39, 0.29) is 18.3 Å². The molecule has 7 nitrogen and oxygen atoms in total. The maximum atomic E-state index is 13.0. The van der Waals surface area contributed by atoms with Crippen molar-refractivity contribution >= 4 is 10.0 Å². The van der Waals surface area contributed by atoms with Crippen LogP contribution in [-0.4, -0.2) is 38.0 Å². The van der Waals surface area contributed by atoms with Crippen LogP contribution >= 0.6 is 0 Å². The van der Waals surface area contributed by atoms with Gasteiger partial charge in [-0.05, 0) is 57.4 Å². The molecule has 2 atom stereocenters. The Morgan fingerprint density at radius 1 is 1.28 bits per heavy atom. The number of aromatic nitrogens is 1. The van der Waals surface area contributed by atoms with E-state index in [0.29, 0.717) is 29.7 Å². The Hall–Kier alpha value is -1.69. The van der Waals surface area contributed by atoms with Gasteiger partial charge in [0.25, 0.3) is 5.56 Å². The first kappa shape index (κ1) is 22.0. The van der Waals surface area contributed by atoms with Crippen LogP contribution in [0.5, 0.6) is 0 Å². The van der Waals surface area contributed by atoms with Gasteiger partial charge < -0.3 is 9.30 Å². The van der Waals surface area contributed by atoms with E-state index >= 15 is 0 Å². The Bertz CT molecular complexity index is 940. The SMILES string of the molecule is CCC1CCC(OC[C@H]2[C@@H](NS(C)(=O)=O)CCc3c(C#N)cc(C)c(=O)n32)CC1. The van der Waals surface area contributed by atoms with Crippen molar-refractivity contribution < 1.29 is 13.2 Å². The molecule has 0 radical (unpaired) electrons. The predicted molar refractivity (Wildman–Crippen MR) is 111 cm³/mol. The largest absolute Gasteiger partial charge is 0.376 e. The van der Waals surface area contributed by atoms with Gasteiger partial charge in [-0.25, -0.2) is 13.1 Å². The molecule has 1 aliphatic heterocycles. The molecule has 1 aromatic rings. The highest BCUT2D eigenvalue weighted by molar-refractivity contribution is 7.88. The molecule has 0 unspecified atom stereocenters. The lowest BCUT2D eigenvalue weighted by Crippen LogP contribution is -2.50. The van der Waals surface area contributed by atoms with Crippen LogP contribution in [0.25, 0.3) is 0 Å². The molecule has 2 aliphatic rings. The van der Waals surface area contributed by atoms with E-state index in [1.165, 1.54) is 6.42 Å². The molecule has 0 amide bonds. The van der Waals surface area contributed by atoms with Gasteiger partial charge in [-0.15, -0.1) is 0 Å². The fourth-order valence-corrected chi connectivity index (χ4v) is 5.54. The van der Waals surface area contributed by atoms with Crippen LogP contribution in [0.15, 0.2) is 10.9 Å². The molecule has 160 valence electrons. The number of ether oxygens (including phenoxy) is 1. The minimum Gasteiger partial charge on any atom is -0.376 e. The van der Waals surface area contributed by atoms with Crippen LogP contribution in [0.1, 0.15) is 68.3 Å². The molecule has 29 heavy (non-hydrogen) atoms. The summed E-state index contributed by atoms with van der Waals surface area (Å²) in [4.78, 5) is 13.0. The topological polar surface area (TPSA) is 101 Å². The molecule has 0 bridgehead atoms. The van der Waals surface area contributed by atoms with E-state index in [9.17, 15) is 18.5 Å². The van der Waals surface area contributed by atoms with Crippen molar-refractivity contribution in [2.75, 3.05) is 12.9 Å². The summed E-state index contributed by atoms with van der Waals surface area (Å²) in [6, 6.07) is 2.92. The Morgan fingerprint density at radius 3 is 2.55 bits per heavy atom. The molecule has 1 aromatic heterocycles. The van der Waals surface area contributed by atoms with Crippen LogP contribution in [0.3, 0.4) is 0 Å². The Balaban J connectivity index is 1.89. The lowest BCUT2D eigenvalue weighted by atomic mass is 9.86. The Labute approximate surface area is 173 Å².